The first kappa shape index (κ1) is 13.9. The molecule has 0 aromatic heterocycles. The van der Waals surface area contributed by atoms with Crippen LogP contribution in [0, 0.1) is 0 Å². The number of hydrogen-bond acceptors (Lipinski definition) is 2. The molecule has 0 aliphatic heterocycles. The van der Waals surface area contributed by atoms with Crippen molar-refractivity contribution >= 4 is 5.78 Å². The molecule has 0 amide bonds. The van der Waals surface area contributed by atoms with Crippen LogP contribution in [0.5, 0.6) is 0 Å². The standard InChI is InChI=1S/C15H22O2/c1-3-5-13-17-15(10-7-6-8-11-15)12-9-14(16)4-2/h6-10,12H,3-5,11,13H2,1-2H3. The molecule has 0 heterocycles. The van der Waals surface area contributed by atoms with Crippen LogP contribution in [-0.4, -0.2) is 18.0 Å². The summed E-state index contributed by atoms with van der Waals surface area (Å²) in [6.45, 7) is 4.75. The number of ether oxygens (including phenoxy) is 1. The van der Waals surface area contributed by atoms with Crippen molar-refractivity contribution in [3.05, 3.63) is 36.5 Å². The van der Waals surface area contributed by atoms with Gasteiger partial charge in [0.1, 0.15) is 5.60 Å². The second-order valence-corrected chi connectivity index (χ2v) is 4.30. The molecule has 1 unspecified atom stereocenters. The molecule has 0 saturated heterocycles. The van der Waals surface area contributed by atoms with E-state index in [9.17, 15) is 4.79 Å². The molecule has 1 rings (SSSR count). The van der Waals surface area contributed by atoms with Gasteiger partial charge in [-0.05, 0) is 24.6 Å². The van der Waals surface area contributed by atoms with E-state index < -0.39 is 5.60 Å². The normalized spacial score (nSPS) is 23.4. The zero-order valence-corrected chi connectivity index (χ0v) is 10.8. The van der Waals surface area contributed by atoms with Crippen LogP contribution in [0.3, 0.4) is 0 Å². The Hall–Kier alpha value is -1.15. The van der Waals surface area contributed by atoms with E-state index in [1.165, 1.54) is 0 Å². The molecule has 0 radical (unpaired) electrons. The highest BCUT2D eigenvalue weighted by atomic mass is 16.5. The van der Waals surface area contributed by atoms with E-state index in [4.69, 9.17) is 4.74 Å². The Kier molecular flexibility index (Phi) is 5.92. The Labute approximate surface area is 104 Å². The zero-order valence-electron chi connectivity index (χ0n) is 10.8. The first-order valence-corrected chi connectivity index (χ1v) is 6.43. The van der Waals surface area contributed by atoms with Gasteiger partial charge < -0.3 is 4.74 Å². The predicted octanol–water partition coefficient (Wildman–Crippen LogP) is 3.59. The van der Waals surface area contributed by atoms with E-state index in [0.29, 0.717) is 6.42 Å². The van der Waals surface area contributed by atoms with Crippen molar-refractivity contribution in [3.63, 3.8) is 0 Å². The Balaban J connectivity index is 2.65. The Morgan fingerprint density at radius 1 is 1.41 bits per heavy atom. The van der Waals surface area contributed by atoms with Crippen LogP contribution in [0.1, 0.15) is 39.5 Å². The summed E-state index contributed by atoms with van der Waals surface area (Å²) in [7, 11) is 0. The lowest BCUT2D eigenvalue weighted by Crippen LogP contribution is -2.29. The maximum Gasteiger partial charge on any atom is 0.155 e. The molecule has 0 fully saturated rings. The molecule has 0 spiro atoms. The van der Waals surface area contributed by atoms with Crippen LogP contribution in [0.4, 0.5) is 0 Å². The quantitative estimate of drug-likeness (QED) is 0.497. The van der Waals surface area contributed by atoms with E-state index in [-0.39, 0.29) is 5.78 Å². The van der Waals surface area contributed by atoms with Gasteiger partial charge in [0.2, 0.25) is 0 Å². The Morgan fingerprint density at radius 2 is 2.24 bits per heavy atom. The first-order chi connectivity index (χ1) is 8.22. The fourth-order valence-corrected chi connectivity index (χ4v) is 1.65. The van der Waals surface area contributed by atoms with Crippen molar-refractivity contribution in [2.24, 2.45) is 0 Å². The maximum absolute atomic E-state index is 11.3. The van der Waals surface area contributed by atoms with Gasteiger partial charge in [-0.2, -0.15) is 0 Å². The molecule has 94 valence electrons. The molecule has 2 nitrogen and oxygen atoms in total. The smallest absolute Gasteiger partial charge is 0.155 e. The molecule has 0 aromatic carbocycles. The van der Waals surface area contributed by atoms with Crippen LogP contribution in [0.2, 0.25) is 0 Å². The molecule has 1 aliphatic carbocycles. The summed E-state index contributed by atoms with van der Waals surface area (Å²) in [5.74, 6) is 0.145. The Bertz CT molecular complexity index is 326. The van der Waals surface area contributed by atoms with E-state index in [1.54, 1.807) is 6.08 Å². The van der Waals surface area contributed by atoms with Crippen LogP contribution in [0.25, 0.3) is 0 Å². The van der Waals surface area contributed by atoms with Gasteiger partial charge in [0.05, 0.1) is 0 Å². The van der Waals surface area contributed by atoms with E-state index >= 15 is 0 Å². The van der Waals surface area contributed by atoms with Gasteiger partial charge >= 0.3 is 0 Å². The highest BCUT2D eigenvalue weighted by molar-refractivity contribution is 5.89. The van der Waals surface area contributed by atoms with Crippen molar-refractivity contribution < 1.29 is 9.53 Å². The van der Waals surface area contributed by atoms with Gasteiger partial charge in [-0.15, -0.1) is 0 Å². The van der Waals surface area contributed by atoms with E-state index in [2.05, 4.69) is 13.0 Å². The number of unbranched alkanes of at least 4 members (excludes halogenated alkanes) is 1. The number of hydrogen-bond donors (Lipinski definition) is 0. The molecule has 0 saturated carbocycles. The van der Waals surface area contributed by atoms with Gasteiger partial charge in [0, 0.05) is 19.4 Å². The molecule has 0 N–H and O–H groups in total. The molecular formula is C15H22O2. The van der Waals surface area contributed by atoms with Crippen LogP contribution in [0.15, 0.2) is 36.5 Å². The minimum atomic E-state index is -0.408. The largest absolute Gasteiger partial charge is 0.366 e. The minimum absolute atomic E-state index is 0.145. The second kappa shape index (κ2) is 7.23. The molecule has 17 heavy (non-hydrogen) atoms. The lowest BCUT2D eigenvalue weighted by Gasteiger charge is -2.28. The second-order valence-electron chi connectivity index (χ2n) is 4.30. The average Bonchev–Trinajstić information content (AvgIpc) is 2.37. The van der Waals surface area contributed by atoms with Crippen LogP contribution >= 0.6 is 0 Å². The fraction of sp³-hybridized carbons (Fsp3) is 0.533. The van der Waals surface area contributed by atoms with Gasteiger partial charge in [0.15, 0.2) is 5.78 Å². The van der Waals surface area contributed by atoms with Crippen LogP contribution in [-0.2, 0) is 9.53 Å². The van der Waals surface area contributed by atoms with Crippen molar-refractivity contribution in [1.82, 2.24) is 0 Å². The summed E-state index contributed by atoms with van der Waals surface area (Å²) in [5.41, 5.74) is -0.408. The molecule has 1 aliphatic rings. The van der Waals surface area contributed by atoms with Crippen molar-refractivity contribution in [2.45, 2.75) is 45.1 Å². The van der Waals surface area contributed by atoms with Gasteiger partial charge in [0.25, 0.3) is 0 Å². The number of rotatable bonds is 7. The number of carbonyl (C=O) groups excluding carboxylic acids is 1. The molecule has 1 atom stereocenters. The predicted molar refractivity (Wildman–Crippen MR) is 70.9 cm³/mol. The van der Waals surface area contributed by atoms with Crippen LogP contribution < -0.4 is 0 Å². The summed E-state index contributed by atoms with van der Waals surface area (Å²) in [6, 6.07) is 0. The highest BCUT2D eigenvalue weighted by Gasteiger charge is 2.24. The van der Waals surface area contributed by atoms with Crippen molar-refractivity contribution in [3.8, 4) is 0 Å². The van der Waals surface area contributed by atoms with Gasteiger partial charge in [-0.25, -0.2) is 0 Å². The Morgan fingerprint density at radius 3 is 2.82 bits per heavy atom. The third-order valence-electron chi connectivity index (χ3n) is 2.83. The number of carbonyl (C=O) groups is 1. The van der Waals surface area contributed by atoms with E-state index in [0.717, 1.165) is 25.9 Å². The summed E-state index contributed by atoms with van der Waals surface area (Å²) in [6.07, 6.45) is 15.2. The summed E-state index contributed by atoms with van der Waals surface area (Å²) in [5, 5.41) is 0. The molecular weight excluding hydrogens is 212 g/mol. The number of allylic oxidation sites excluding steroid dienone is 3. The topological polar surface area (TPSA) is 26.3 Å². The first-order valence-electron chi connectivity index (χ1n) is 6.43. The zero-order chi connectivity index (χ0) is 12.6. The summed E-state index contributed by atoms with van der Waals surface area (Å²) < 4.78 is 5.93. The van der Waals surface area contributed by atoms with Gasteiger partial charge in [-0.3, -0.25) is 4.79 Å². The number of ketones is 1. The lowest BCUT2D eigenvalue weighted by molar-refractivity contribution is -0.114. The summed E-state index contributed by atoms with van der Waals surface area (Å²) >= 11 is 0. The minimum Gasteiger partial charge on any atom is -0.366 e. The SMILES string of the molecule is CCCCOC1(C=CC(=O)CC)C=CC=CC1. The average molecular weight is 234 g/mol. The summed E-state index contributed by atoms with van der Waals surface area (Å²) in [4.78, 5) is 11.3. The van der Waals surface area contributed by atoms with Crippen molar-refractivity contribution in [2.75, 3.05) is 6.61 Å². The molecule has 0 bridgehead atoms. The molecule has 2 heteroatoms. The third-order valence-corrected chi connectivity index (χ3v) is 2.83. The monoisotopic (exact) mass is 234 g/mol. The highest BCUT2D eigenvalue weighted by Crippen LogP contribution is 2.24. The fourth-order valence-electron chi connectivity index (χ4n) is 1.65. The lowest BCUT2D eigenvalue weighted by atomic mass is 9.94. The van der Waals surface area contributed by atoms with Gasteiger partial charge in [-0.1, -0.05) is 38.5 Å². The van der Waals surface area contributed by atoms with E-state index in [1.807, 2.05) is 31.2 Å². The van der Waals surface area contributed by atoms with Crippen molar-refractivity contribution in [1.29, 1.82) is 0 Å². The third kappa shape index (κ3) is 4.70. The molecule has 0 aromatic rings. The maximum atomic E-state index is 11.3.